The standard InChI is InChI=1S/C20H18N4O3S/c25-15(22-20-23-21-10-28-20)9-11-1-7-14(8-2-11)24-18(26)16-12-3-4-13(6-5-12)17(16)19(24)27/h1-4,7-8,10,12-13,16-17H,5-6,9H2,(H,22,23,25). The molecule has 4 atom stereocenters. The number of benzene rings is 1. The summed E-state index contributed by atoms with van der Waals surface area (Å²) in [5.41, 5.74) is 2.93. The topological polar surface area (TPSA) is 92.3 Å². The van der Waals surface area contributed by atoms with Gasteiger partial charge in [-0.3, -0.25) is 19.3 Å². The molecule has 1 N–H and O–H groups in total. The lowest BCUT2D eigenvalue weighted by Crippen LogP contribution is -2.38. The Bertz CT molecular complexity index is 938. The van der Waals surface area contributed by atoms with E-state index in [1.807, 2.05) is 0 Å². The minimum atomic E-state index is -0.214. The molecule has 2 fully saturated rings. The number of rotatable bonds is 4. The zero-order valence-corrected chi connectivity index (χ0v) is 15.8. The Morgan fingerprint density at radius 2 is 1.71 bits per heavy atom. The molecule has 4 unspecified atom stereocenters. The normalized spacial score (nSPS) is 27.9. The highest BCUT2D eigenvalue weighted by molar-refractivity contribution is 7.13. The zero-order valence-electron chi connectivity index (χ0n) is 14.9. The molecule has 8 heteroatoms. The van der Waals surface area contributed by atoms with Gasteiger partial charge in [0.25, 0.3) is 0 Å². The van der Waals surface area contributed by atoms with Crippen LogP contribution in [0.1, 0.15) is 18.4 Å². The number of carbonyl (C=O) groups excluding carboxylic acids is 3. The van der Waals surface area contributed by atoms with E-state index in [2.05, 4.69) is 27.7 Å². The van der Waals surface area contributed by atoms with Crippen LogP contribution in [0.4, 0.5) is 10.8 Å². The molecule has 3 amide bonds. The lowest BCUT2D eigenvalue weighted by molar-refractivity contribution is -0.124. The van der Waals surface area contributed by atoms with Crippen molar-refractivity contribution in [3.05, 3.63) is 47.5 Å². The van der Waals surface area contributed by atoms with Gasteiger partial charge >= 0.3 is 0 Å². The summed E-state index contributed by atoms with van der Waals surface area (Å²) in [6.45, 7) is 0. The number of anilines is 2. The summed E-state index contributed by atoms with van der Waals surface area (Å²) in [5, 5.41) is 10.6. The Balaban J connectivity index is 1.31. The lowest BCUT2D eigenvalue weighted by Gasteiger charge is -2.38. The average molecular weight is 394 g/mol. The minimum absolute atomic E-state index is 0.0872. The van der Waals surface area contributed by atoms with E-state index >= 15 is 0 Å². The fourth-order valence-corrected chi connectivity index (χ4v) is 5.13. The van der Waals surface area contributed by atoms with Gasteiger partial charge in [-0.1, -0.05) is 35.6 Å². The molecule has 1 saturated carbocycles. The van der Waals surface area contributed by atoms with E-state index in [9.17, 15) is 14.4 Å². The summed E-state index contributed by atoms with van der Waals surface area (Å²) in [6.07, 6.45) is 6.38. The Labute approximate surface area is 165 Å². The maximum atomic E-state index is 13.0. The van der Waals surface area contributed by atoms with Crippen LogP contribution in [0, 0.1) is 23.7 Å². The second-order valence-electron chi connectivity index (χ2n) is 7.49. The third-order valence-electron chi connectivity index (χ3n) is 5.92. The van der Waals surface area contributed by atoms with Crippen LogP contribution in [0.2, 0.25) is 0 Å². The van der Waals surface area contributed by atoms with E-state index in [0.29, 0.717) is 10.8 Å². The summed E-state index contributed by atoms with van der Waals surface area (Å²) in [5.74, 6) is -0.431. The van der Waals surface area contributed by atoms with Gasteiger partial charge in [0.15, 0.2) is 0 Å². The molecule has 2 aromatic rings. The molecule has 0 spiro atoms. The highest BCUT2D eigenvalue weighted by atomic mass is 32.1. The average Bonchev–Trinajstić information content (AvgIpc) is 3.31. The second kappa shape index (κ2) is 6.63. The lowest BCUT2D eigenvalue weighted by atomic mass is 9.63. The third kappa shape index (κ3) is 2.75. The molecular formula is C20H18N4O3S. The summed E-state index contributed by atoms with van der Waals surface area (Å²) < 4.78 is 0. The first-order chi connectivity index (χ1) is 13.6. The molecule has 2 bridgehead atoms. The van der Waals surface area contributed by atoms with Crippen molar-refractivity contribution in [3.8, 4) is 0 Å². The Hall–Kier alpha value is -2.87. The largest absolute Gasteiger partial charge is 0.300 e. The van der Waals surface area contributed by atoms with E-state index in [1.54, 1.807) is 29.8 Å². The number of hydrogen-bond acceptors (Lipinski definition) is 6. The van der Waals surface area contributed by atoms with Gasteiger partial charge < -0.3 is 5.32 Å². The summed E-state index contributed by atoms with van der Waals surface area (Å²) >= 11 is 1.26. The van der Waals surface area contributed by atoms with Crippen molar-refractivity contribution in [2.75, 3.05) is 10.2 Å². The van der Waals surface area contributed by atoms with Crippen molar-refractivity contribution in [1.82, 2.24) is 10.2 Å². The molecule has 142 valence electrons. The number of imide groups is 1. The predicted molar refractivity (Wildman–Crippen MR) is 104 cm³/mol. The van der Waals surface area contributed by atoms with E-state index < -0.39 is 0 Å². The first-order valence-electron chi connectivity index (χ1n) is 9.33. The van der Waals surface area contributed by atoms with Gasteiger partial charge in [-0.05, 0) is 42.4 Å². The summed E-state index contributed by atoms with van der Waals surface area (Å²) in [7, 11) is 0. The van der Waals surface area contributed by atoms with E-state index in [1.165, 1.54) is 16.2 Å². The third-order valence-corrected chi connectivity index (χ3v) is 6.53. The molecule has 2 heterocycles. The van der Waals surface area contributed by atoms with Crippen molar-refractivity contribution in [3.63, 3.8) is 0 Å². The second-order valence-corrected chi connectivity index (χ2v) is 8.32. The van der Waals surface area contributed by atoms with Crippen LogP contribution in [0.25, 0.3) is 0 Å². The number of hydrogen-bond donors (Lipinski definition) is 1. The van der Waals surface area contributed by atoms with Crippen LogP contribution < -0.4 is 10.2 Å². The van der Waals surface area contributed by atoms with E-state index in [4.69, 9.17) is 0 Å². The van der Waals surface area contributed by atoms with Crippen LogP contribution >= 0.6 is 11.3 Å². The van der Waals surface area contributed by atoms with Gasteiger partial charge in [-0.2, -0.15) is 0 Å². The number of aromatic nitrogens is 2. The maximum absolute atomic E-state index is 13.0. The Kier molecular flexibility index (Phi) is 4.08. The van der Waals surface area contributed by atoms with Crippen LogP contribution in [-0.4, -0.2) is 27.9 Å². The van der Waals surface area contributed by atoms with Crippen molar-refractivity contribution in [2.45, 2.75) is 19.3 Å². The molecular weight excluding hydrogens is 376 g/mol. The van der Waals surface area contributed by atoms with Gasteiger partial charge in [0.05, 0.1) is 23.9 Å². The maximum Gasteiger partial charge on any atom is 0.238 e. The predicted octanol–water partition coefficient (Wildman–Crippen LogP) is 2.42. The summed E-state index contributed by atoms with van der Waals surface area (Å²) in [4.78, 5) is 39.4. The number of nitrogens with zero attached hydrogens (tertiary/aromatic N) is 3. The first kappa shape index (κ1) is 17.2. The molecule has 1 aromatic carbocycles. The zero-order chi connectivity index (χ0) is 19.3. The molecule has 1 aliphatic heterocycles. The van der Waals surface area contributed by atoms with Gasteiger partial charge in [0, 0.05) is 0 Å². The van der Waals surface area contributed by atoms with Crippen LogP contribution in [0.3, 0.4) is 0 Å². The van der Waals surface area contributed by atoms with Crippen LogP contribution in [-0.2, 0) is 20.8 Å². The van der Waals surface area contributed by atoms with Crippen molar-refractivity contribution in [1.29, 1.82) is 0 Å². The van der Waals surface area contributed by atoms with Crippen molar-refractivity contribution in [2.24, 2.45) is 23.7 Å². The van der Waals surface area contributed by atoms with Gasteiger partial charge in [0.1, 0.15) is 5.51 Å². The SMILES string of the molecule is O=C(Cc1ccc(N2C(=O)C3C4C=CC(CC4)C3C2=O)cc1)Nc1nncs1. The van der Waals surface area contributed by atoms with E-state index in [-0.39, 0.29) is 47.8 Å². The van der Waals surface area contributed by atoms with Crippen LogP contribution in [0.15, 0.2) is 41.9 Å². The molecule has 3 aliphatic carbocycles. The Morgan fingerprint density at radius 1 is 1.07 bits per heavy atom. The number of nitrogens with one attached hydrogen (secondary N) is 1. The molecule has 28 heavy (non-hydrogen) atoms. The highest BCUT2D eigenvalue weighted by Crippen LogP contribution is 2.50. The van der Waals surface area contributed by atoms with Crippen molar-refractivity contribution < 1.29 is 14.4 Å². The highest BCUT2D eigenvalue weighted by Gasteiger charge is 2.56. The summed E-state index contributed by atoms with van der Waals surface area (Å²) in [6, 6.07) is 7.06. The first-order valence-corrected chi connectivity index (χ1v) is 10.2. The van der Waals surface area contributed by atoms with Crippen LogP contribution in [0.5, 0.6) is 0 Å². The fourth-order valence-electron chi connectivity index (χ4n) is 4.67. The quantitative estimate of drug-likeness (QED) is 0.635. The van der Waals surface area contributed by atoms with Gasteiger partial charge in [0.2, 0.25) is 22.9 Å². The van der Waals surface area contributed by atoms with Gasteiger partial charge in [-0.25, -0.2) is 0 Å². The van der Waals surface area contributed by atoms with Crippen molar-refractivity contribution >= 4 is 39.9 Å². The number of fused-ring (bicyclic) bond motifs is 1. The molecule has 0 radical (unpaired) electrons. The molecule has 1 aromatic heterocycles. The molecule has 1 saturated heterocycles. The number of allylic oxidation sites excluding steroid dienone is 2. The smallest absolute Gasteiger partial charge is 0.238 e. The fraction of sp³-hybridized carbons (Fsp3) is 0.350. The van der Waals surface area contributed by atoms with Gasteiger partial charge in [-0.15, -0.1) is 10.2 Å². The van der Waals surface area contributed by atoms with E-state index in [0.717, 1.165) is 18.4 Å². The monoisotopic (exact) mass is 394 g/mol. The minimum Gasteiger partial charge on any atom is -0.300 e. The number of amides is 3. The Morgan fingerprint density at radius 3 is 2.25 bits per heavy atom. The molecule has 4 aliphatic rings. The molecule has 6 rings (SSSR count). The number of carbonyl (C=O) groups is 3. The molecule has 7 nitrogen and oxygen atoms in total.